The number of amides is 1. The summed E-state index contributed by atoms with van der Waals surface area (Å²) in [7, 11) is 1.60. The summed E-state index contributed by atoms with van der Waals surface area (Å²) in [4.78, 5) is 13.8. The number of carbonyl (C=O) groups excluding carboxylic acids is 1. The van der Waals surface area contributed by atoms with E-state index in [-0.39, 0.29) is 11.8 Å². The van der Waals surface area contributed by atoms with Gasteiger partial charge < -0.3 is 10.0 Å². The Kier molecular flexibility index (Phi) is 4.92. The molecule has 3 rings (SSSR count). The second-order valence-electron chi connectivity index (χ2n) is 6.36. The van der Waals surface area contributed by atoms with Crippen LogP contribution in [0.5, 0.6) is 0 Å². The van der Waals surface area contributed by atoms with Gasteiger partial charge in [-0.3, -0.25) is 4.79 Å². The topological polar surface area (TPSA) is 40.5 Å². The van der Waals surface area contributed by atoms with E-state index in [1.165, 1.54) is 4.90 Å². The molecule has 2 unspecified atom stereocenters. The van der Waals surface area contributed by atoms with E-state index >= 15 is 0 Å². The van der Waals surface area contributed by atoms with Gasteiger partial charge in [0.2, 0.25) is 0 Å². The maximum atomic E-state index is 12.4. The summed E-state index contributed by atoms with van der Waals surface area (Å²) >= 11 is 12.2. The SMILES string of the molecule is C=CCC(c1ccc(Cl)c(Cl)c1)c1cc(C)cc2c1C(O)N(C)C2=O. The average molecular weight is 376 g/mol. The van der Waals surface area contributed by atoms with Crippen molar-refractivity contribution >= 4 is 29.1 Å². The van der Waals surface area contributed by atoms with E-state index in [9.17, 15) is 9.90 Å². The Balaban J connectivity index is 2.21. The van der Waals surface area contributed by atoms with Crippen molar-refractivity contribution in [2.75, 3.05) is 7.05 Å². The molecule has 0 bridgehead atoms. The monoisotopic (exact) mass is 375 g/mol. The Labute approximate surface area is 157 Å². The van der Waals surface area contributed by atoms with Gasteiger partial charge >= 0.3 is 0 Å². The first-order valence-corrected chi connectivity index (χ1v) is 8.76. The number of aliphatic hydroxyl groups excluding tert-OH is 1. The summed E-state index contributed by atoms with van der Waals surface area (Å²) in [5.74, 6) is -0.242. The van der Waals surface area contributed by atoms with Crippen LogP contribution in [0.2, 0.25) is 10.0 Å². The highest BCUT2D eigenvalue weighted by Gasteiger charge is 2.36. The maximum absolute atomic E-state index is 12.4. The number of hydrogen-bond acceptors (Lipinski definition) is 2. The predicted octanol–water partition coefficient (Wildman–Crippen LogP) is 5.09. The van der Waals surface area contributed by atoms with Gasteiger partial charge in [0.25, 0.3) is 5.91 Å². The van der Waals surface area contributed by atoms with E-state index in [1.54, 1.807) is 13.1 Å². The molecule has 25 heavy (non-hydrogen) atoms. The van der Waals surface area contributed by atoms with Crippen molar-refractivity contribution in [1.82, 2.24) is 4.90 Å². The van der Waals surface area contributed by atoms with E-state index in [0.29, 0.717) is 27.6 Å². The fourth-order valence-electron chi connectivity index (χ4n) is 3.41. The fraction of sp³-hybridized carbons (Fsp3) is 0.250. The first-order chi connectivity index (χ1) is 11.8. The minimum Gasteiger partial charge on any atom is -0.369 e. The number of benzene rings is 2. The Morgan fingerprint density at radius 2 is 2.00 bits per heavy atom. The molecule has 130 valence electrons. The number of hydrogen-bond donors (Lipinski definition) is 1. The molecule has 3 nitrogen and oxygen atoms in total. The number of fused-ring (bicyclic) bond motifs is 1. The molecule has 1 amide bonds. The molecule has 2 aromatic rings. The molecule has 5 heteroatoms. The first kappa shape index (κ1) is 18.0. The molecular formula is C20H19Cl2NO2. The van der Waals surface area contributed by atoms with E-state index in [2.05, 4.69) is 6.58 Å². The molecule has 0 saturated heterocycles. The van der Waals surface area contributed by atoms with Crippen molar-refractivity contribution in [3.05, 3.63) is 80.8 Å². The van der Waals surface area contributed by atoms with Gasteiger partial charge in [-0.15, -0.1) is 6.58 Å². The molecule has 0 radical (unpaired) electrons. The van der Waals surface area contributed by atoms with Crippen LogP contribution in [-0.2, 0) is 0 Å². The van der Waals surface area contributed by atoms with Crippen molar-refractivity contribution in [2.45, 2.75) is 25.5 Å². The largest absolute Gasteiger partial charge is 0.369 e. The molecule has 0 spiro atoms. The lowest BCUT2D eigenvalue weighted by molar-refractivity contribution is 0.0298. The van der Waals surface area contributed by atoms with Crippen LogP contribution < -0.4 is 0 Å². The van der Waals surface area contributed by atoms with Crippen LogP contribution in [0.4, 0.5) is 0 Å². The van der Waals surface area contributed by atoms with Gasteiger partial charge in [0, 0.05) is 24.1 Å². The standard InChI is InChI=1S/C20H19Cl2NO2/c1-4-5-13(12-6-7-16(21)17(22)10-12)14-8-11(2)9-15-18(14)20(25)23(3)19(15)24/h4,6-10,13,20,25H,1,5H2,2-3H3. The highest BCUT2D eigenvalue weighted by Crippen LogP contribution is 2.41. The Hall–Kier alpha value is -1.81. The Morgan fingerprint density at radius 3 is 2.64 bits per heavy atom. The van der Waals surface area contributed by atoms with Crippen molar-refractivity contribution in [3.63, 3.8) is 0 Å². The molecule has 0 aromatic heterocycles. The molecule has 1 aliphatic heterocycles. The van der Waals surface area contributed by atoms with Crippen LogP contribution in [0.3, 0.4) is 0 Å². The molecule has 1 heterocycles. The maximum Gasteiger partial charge on any atom is 0.256 e. The molecule has 2 aromatic carbocycles. The lowest BCUT2D eigenvalue weighted by atomic mass is 9.83. The van der Waals surface area contributed by atoms with Crippen molar-refractivity contribution in [2.24, 2.45) is 0 Å². The van der Waals surface area contributed by atoms with Crippen LogP contribution >= 0.6 is 23.2 Å². The van der Waals surface area contributed by atoms with Gasteiger partial charge in [-0.1, -0.05) is 47.0 Å². The van der Waals surface area contributed by atoms with Gasteiger partial charge in [0.05, 0.1) is 10.0 Å². The zero-order valence-corrected chi connectivity index (χ0v) is 15.6. The van der Waals surface area contributed by atoms with Crippen LogP contribution in [0.15, 0.2) is 43.0 Å². The minimum absolute atomic E-state index is 0.0742. The fourth-order valence-corrected chi connectivity index (χ4v) is 3.72. The summed E-state index contributed by atoms with van der Waals surface area (Å²) in [5, 5.41) is 11.6. The van der Waals surface area contributed by atoms with Gasteiger partial charge in [0.15, 0.2) is 6.23 Å². The third kappa shape index (κ3) is 3.08. The number of halogens is 2. The molecule has 0 saturated carbocycles. The molecular weight excluding hydrogens is 357 g/mol. The molecule has 2 atom stereocenters. The molecule has 0 aliphatic carbocycles. The number of aryl methyl sites for hydroxylation is 1. The summed E-state index contributed by atoms with van der Waals surface area (Å²) < 4.78 is 0. The van der Waals surface area contributed by atoms with Crippen molar-refractivity contribution in [1.29, 1.82) is 0 Å². The number of carbonyl (C=O) groups is 1. The molecule has 1 N–H and O–H groups in total. The average Bonchev–Trinajstić information content (AvgIpc) is 2.79. The third-order valence-corrected chi connectivity index (χ3v) is 5.40. The van der Waals surface area contributed by atoms with Crippen LogP contribution in [-0.4, -0.2) is 23.0 Å². The number of nitrogens with zero attached hydrogens (tertiary/aromatic N) is 1. The quantitative estimate of drug-likeness (QED) is 0.756. The zero-order chi connectivity index (χ0) is 18.3. The molecule has 0 fully saturated rings. The molecule has 1 aliphatic rings. The highest BCUT2D eigenvalue weighted by molar-refractivity contribution is 6.42. The van der Waals surface area contributed by atoms with Gasteiger partial charge in [-0.2, -0.15) is 0 Å². The number of rotatable bonds is 4. The number of aliphatic hydroxyl groups is 1. The van der Waals surface area contributed by atoms with Crippen LogP contribution in [0, 0.1) is 6.92 Å². The summed E-state index contributed by atoms with van der Waals surface area (Å²) in [6.07, 6.45) is 1.53. The second kappa shape index (κ2) is 6.83. The summed E-state index contributed by atoms with van der Waals surface area (Å²) in [5.41, 5.74) is 4.07. The lowest BCUT2D eigenvalue weighted by Gasteiger charge is -2.23. The highest BCUT2D eigenvalue weighted by atomic mass is 35.5. The van der Waals surface area contributed by atoms with E-state index in [0.717, 1.165) is 16.7 Å². The van der Waals surface area contributed by atoms with E-state index in [1.807, 2.05) is 37.3 Å². The number of allylic oxidation sites excluding steroid dienone is 1. The lowest BCUT2D eigenvalue weighted by Crippen LogP contribution is -2.22. The second-order valence-corrected chi connectivity index (χ2v) is 7.17. The van der Waals surface area contributed by atoms with E-state index in [4.69, 9.17) is 23.2 Å². The van der Waals surface area contributed by atoms with Crippen molar-refractivity contribution < 1.29 is 9.90 Å². The van der Waals surface area contributed by atoms with Crippen LogP contribution in [0.25, 0.3) is 0 Å². The first-order valence-electron chi connectivity index (χ1n) is 8.00. The normalized spacial score (nSPS) is 17.6. The Bertz CT molecular complexity index is 863. The van der Waals surface area contributed by atoms with Crippen LogP contribution in [0.1, 0.15) is 51.2 Å². The summed E-state index contributed by atoms with van der Waals surface area (Å²) in [6, 6.07) is 9.36. The van der Waals surface area contributed by atoms with Gasteiger partial charge in [-0.05, 0) is 42.7 Å². The third-order valence-electron chi connectivity index (χ3n) is 4.66. The minimum atomic E-state index is -0.951. The van der Waals surface area contributed by atoms with Gasteiger partial charge in [0.1, 0.15) is 0 Å². The zero-order valence-electron chi connectivity index (χ0n) is 14.1. The van der Waals surface area contributed by atoms with Gasteiger partial charge in [-0.25, -0.2) is 0 Å². The van der Waals surface area contributed by atoms with E-state index < -0.39 is 6.23 Å². The Morgan fingerprint density at radius 1 is 1.28 bits per heavy atom. The van der Waals surface area contributed by atoms with Crippen molar-refractivity contribution in [3.8, 4) is 0 Å². The summed E-state index contributed by atoms with van der Waals surface area (Å²) in [6.45, 7) is 5.80. The predicted molar refractivity (Wildman–Crippen MR) is 101 cm³/mol. The smallest absolute Gasteiger partial charge is 0.256 e.